The van der Waals surface area contributed by atoms with Crippen molar-refractivity contribution in [2.45, 2.75) is 25.5 Å². The van der Waals surface area contributed by atoms with E-state index in [-0.39, 0.29) is 23.7 Å². The lowest BCUT2D eigenvalue weighted by Crippen LogP contribution is -2.47. The van der Waals surface area contributed by atoms with E-state index < -0.39 is 34.5 Å². The third kappa shape index (κ3) is 4.46. The average molecular weight is 331 g/mol. The van der Waals surface area contributed by atoms with Crippen LogP contribution in [0.2, 0.25) is 0 Å². The zero-order valence-electron chi connectivity index (χ0n) is 11.6. The molecule has 1 aromatic rings. The highest BCUT2D eigenvalue weighted by Crippen LogP contribution is 2.16. The summed E-state index contributed by atoms with van der Waals surface area (Å²) in [6.45, 7) is -0.511. The topological polar surface area (TPSA) is 114 Å². The molecule has 0 bridgehead atoms. The number of aromatic nitrogens is 1. The van der Waals surface area contributed by atoms with Crippen LogP contribution in [0.15, 0.2) is 12.3 Å². The molecule has 1 aromatic heterocycles. The highest BCUT2D eigenvalue weighted by Gasteiger charge is 2.26. The third-order valence-corrected chi connectivity index (χ3v) is 3.45. The van der Waals surface area contributed by atoms with Gasteiger partial charge in [0.25, 0.3) is 10.1 Å². The quantitative estimate of drug-likeness (QED) is 0.572. The SMILES string of the molecule is CS(=O)(=O)OCc1ncc(NC2CCC(=O)NC2=O)cc1F. The van der Waals surface area contributed by atoms with Gasteiger partial charge in [-0.15, -0.1) is 0 Å². The molecule has 1 aliphatic rings. The minimum Gasteiger partial charge on any atom is -0.372 e. The molecule has 22 heavy (non-hydrogen) atoms. The molecule has 0 spiro atoms. The molecular weight excluding hydrogens is 317 g/mol. The van der Waals surface area contributed by atoms with Crippen LogP contribution in [-0.2, 0) is 30.5 Å². The van der Waals surface area contributed by atoms with E-state index in [0.717, 1.165) is 12.3 Å². The van der Waals surface area contributed by atoms with Gasteiger partial charge in [0.2, 0.25) is 11.8 Å². The number of halogens is 1. The smallest absolute Gasteiger partial charge is 0.264 e. The third-order valence-electron chi connectivity index (χ3n) is 2.91. The monoisotopic (exact) mass is 331 g/mol. The van der Waals surface area contributed by atoms with Crippen LogP contribution in [0.5, 0.6) is 0 Å². The van der Waals surface area contributed by atoms with E-state index in [0.29, 0.717) is 6.42 Å². The first-order valence-electron chi connectivity index (χ1n) is 6.33. The number of hydrogen-bond acceptors (Lipinski definition) is 7. The molecule has 1 aliphatic heterocycles. The second-order valence-corrected chi connectivity index (χ2v) is 6.41. The summed E-state index contributed by atoms with van der Waals surface area (Å²) in [4.78, 5) is 26.4. The lowest BCUT2D eigenvalue weighted by Gasteiger charge is -2.22. The number of amides is 2. The number of carbonyl (C=O) groups is 2. The van der Waals surface area contributed by atoms with Gasteiger partial charge in [0.05, 0.1) is 18.1 Å². The molecule has 0 aromatic carbocycles. The standard InChI is InChI=1S/C12H14FN3O5S/c1-22(19,20)21-6-10-8(13)4-7(5-14-10)15-9-2-3-11(17)16-12(9)18/h4-5,9,15H,2-3,6H2,1H3,(H,16,17,18). The number of carbonyl (C=O) groups excluding carboxylic acids is 2. The Bertz CT molecular complexity index is 707. The van der Waals surface area contributed by atoms with E-state index in [2.05, 4.69) is 19.8 Å². The van der Waals surface area contributed by atoms with Crippen molar-refractivity contribution in [1.29, 1.82) is 0 Å². The maximum atomic E-state index is 13.8. The zero-order valence-corrected chi connectivity index (χ0v) is 12.4. The van der Waals surface area contributed by atoms with Gasteiger partial charge in [0.1, 0.15) is 24.2 Å². The maximum Gasteiger partial charge on any atom is 0.264 e. The van der Waals surface area contributed by atoms with Crippen LogP contribution < -0.4 is 10.6 Å². The van der Waals surface area contributed by atoms with Gasteiger partial charge in [-0.2, -0.15) is 8.42 Å². The molecule has 1 atom stereocenters. The first kappa shape index (κ1) is 16.3. The van der Waals surface area contributed by atoms with Gasteiger partial charge >= 0.3 is 0 Å². The summed E-state index contributed by atoms with van der Waals surface area (Å²) in [5.41, 5.74) is 0.0781. The summed E-state index contributed by atoms with van der Waals surface area (Å²) >= 11 is 0. The fourth-order valence-corrected chi connectivity index (χ4v) is 2.17. The molecule has 2 amide bonds. The lowest BCUT2D eigenvalue weighted by molar-refractivity contribution is -0.133. The number of rotatable bonds is 5. The van der Waals surface area contributed by atoms with Gasteiger partial charge in [-0.05, 0) is 6.42 Å². The summed E-state index contributed by atoms with van der Waals surface area (Å²) in [5, 5.41) is 4.94. The van der Waals surface area contributed by atoms with Gasteiger partial charge in [0.15, 0.2) is 0 Å². The zero-order chi connectivity index (χ0) is 16.3. The maximum absolute atomic E-state index is 13.8. The van der Waals surface area contributed by atoms with Crippen molar-refractivity contribution in [2.75, 3.05) is 11.6 Å². The van der Waals surface area contributed by atoms with E-state index in [4.69, 9.17) is 0 Å². The Balaban J connectivity index is 2.03. The molecule has 2 N–H and O–H groups in total. The fraction of sp³-hybridized carbons (Fsp3) is 0.417. The Morgan fingerprint density at radius 1 is 1.50 bits per heavy atom. The number of imide groups is 1. The summed E-state index contributed by atoms with van der Waals surface area (Å²) in [6, 6.07) is 0.425. The molecule has 8 nitrogen and oxygen atoms in total. The van der Waals surface area contributed by atoms with Gasteiger partial charge < -0.3 is 5.32 Å². The van der Waals surface area contributed by atoms with Crippen molar-refractivity contribution < 1.29 is 26.6 Å². The van der Waals surface area contributed by atoms with Crippen LogP contribution in [0.1, 0.15) is 18.5 Å². The number of pyridine rings is 1. The second-order valence-electron chi connectivity index (χ2n) is 4.77. The van der Waals surface area contributed by atoms with E-state index in [1.54, 1.807) is 0 Å². The largest absolute Gasteiger partial charge is 0.372 e. The molecule has 0 aliphatic carbocycles. The number of piperidine rings is 1. The van der Waals surface area contributed by atoms with E-state index in [9.17, 15) is 22.4 Å². The first-order chi connectivity index (χ1) is 10.2. The molecule has 120 valence electrons. The van der Waals surface area contributed by atoms with Crippen LogP contribution >= 0.6 is 0 Å². The van der Waals surface area contributed by atoms with Crippen molar-refractivity contribution in [2.24, 2.45) is 0 Å². The molecule has 0 radical (unpaired) electrons. The Morgan fingerprint density at radius 2 is 2.23 bits per heavy atom. The van der Waals surface area contributed by atoms with Crippen LogP contribution in [0.3, 0.4) is 0 Å². The van der Waals surface area contributed by atoms with Crippen LogP contribution in [0, 0.1) is 5.82 Å². The lowest BCUT2D eigenvalue weighted by atomic mass is 10.1. The van der Waals surface area contributed by atoms with Crippen molar-refractivity contribution >= 4 is 27.6 Å². The Kier molecular flexibility index (Phi) is 4.71. The van der Waals surface area contributed by atoms with Crippen LogP contribution in [0.4, 0.5) is 10.1 Å². The van der Waals surface area contributed by atoms with Gasteiger partial charge in [-0.25, -0.2) is 4.39 Å². The molecule has 10 heteroatoms. The van der Waals surface area contributed by atoms with Crippen LogP contribution in [0.25, 0.3) is 0 Å². The van der Waals surface area contributed by atoms with Gasteiger partial charge in [0, 0.05) is 12.5 Å². The summed E-state index contributed by atoms with van der Waals surface area (Å²) in [5.74, 6) is -1.59. The van der Waals surface area contributed by atoms with E-state index in [1.807, 2.05) is 0 Å². The first-order valence-corrected chi connectivity index (χ1v) is 8.15. The van der Waals surface area contributed by atoms with Crippen molar-refractivity contribution in [3.05, 3.63) is 23.8 Å². The number of hydrogen-bond donors (Lipinski definition) is 2. The Labute approximate surface area is 126 Å². The number of nitrogens with zero attached hydrogens (tertiary/aromatic N) is 1. The minimum atomic E-state index is -3.69. The highest BCUT2D eigenvalue weighted by molar-refractivity contribution is 7.85. The molecule has 0 saturated carbocycles. The predicted molar refractivity (Wildman–Crippen MR) is 73.6 cm³/mol. The Morgan fingerprint density at radius 3 is 2.82 bits per heavy atom. The molecular formula is C12H14FN3O5S. The van der Waals surface area contributed by atoms with Gasteiger partial charge in [-0.1, -0.05) is 0 Å². The normalized spacial score (nSPS) is 18.9. The van der Waals surface area contributed by atoms with Gasteiger partial charge in [-0.3, -0.25) is 24.1 Å². The van der Waals surface area contributed by atoms with Crippen LogP contribution in [-0.4, -0.2) is 37.5 Å². The minimum absolute atomic E-state index is 0.167. The molecule has 1 fully saturated rings. The van der Waals surface area contributed by atoms with Crippen molar-refractivity contribution in [1.82, 2.24) is 10.3 Å². The Hall–Kier alpha value is -2.07. The number of nitrogens with one attached hydrogen (secondary N) is 2. The summed E-state index contributed by atoms with van der Waals surface area (Å²) < 4.78 is 40.0. The molecule has 2 rings (SSSR count). The number of anilines is 1. The fourth-order valence-electron chi connectivity index (χ4n) is 1.85. The van der Waals surface area contributed by atoms with Crippen molar-refractivity contribution in [3.8, 4) is 0 Å². The summed E-state index contributed by atoms with van der Waals surface area (Å²) in [6.07, 6.45) is 2.60. The predicted octanol–water partition coefficient (Wildman–Crippen LogP) is -0.0860. The van der Waals surface area contributed by atoms with Crippen molar-refractivity contribution in [3.63, 3.8) is 0 Å². The highest BCUT2D eigenvalue weighted by atomic mass is 32.2. The van der Waals surface area contributed by atoms with E-state index >= 15 is 0 Å². The van der Waals surface area contributed by atoms with E-state index in [1.165, 1.54) is 6.20 Å². The molecule has 1 saturated heterocycles. The second kappa shape index (κ2) is 6.36. The summed E-state index contributed by atoms with van der Waals surface area (Å²) in [7, 11) is -3.69. The molecule has 1 unspecified atom stereocenters. The molecule has 2 heterocycles. The average Bonchev–Trinajstić information content (AvgIpc) is 2.40.